The number of rotatable bonds is 8. The van der Waals surface area contributed by atoms with Gasteiger partial charge in [-0.2, -0.15) is 11.8 Å². The van der Waals surface area contributed by atoms with Gasteiger partial charge in [0.1, 0.15) is 5.75 Å². The summed E-state index contributed by atoms with van der Waals surface area (Å²) in [5, 5.41) is 1.22. The Balaban J connectivity index is 1.80. The van der Waals surface area contributed by atoms with E-state index in [9.17, 15) is 8.42 Å². The summed E-state index contributed by atoms with van der Waals surface area (Å²) in [6.07, 6.45) is 0. The van der Waals surface area contributed by atoms with Gasteiger partial charge in [-0.15, -0.1) is 0 Å². The van der Waals surface area contributed by atoms with E-state index in [0.29, 0.717) is 33.8 Å². The summed E-state index contributed by atoms with van der Waals surface area (Å²) in [5.41, 5.74) is 0.976. The molecule has 0 aliphatic rings. The first-order valence-corrected chi connectivity index (χ1v) is 10.5. The first kappa shape index (κ1) is 19.4. The Labute approximate surface area is 156 Å². The Morgan fingerprint density at radius 3 is 2.46 bits per heavy atom. The van der Waals surface area contributed by atoms with Crippen LogP contribution in [0.15, 0.2) is 47.4 Å². The summed E-state index contributed by atoms with van der Waals surface area (Å²) in [6, 6.07) is 11.6. The van der Waals surface area contributed by atoms with Crippen molar-refractivity contribution in [2.45, 2.75) is 10.6 Å². The van der Waals surface area contributed by atoms with E-state index in [-0.39, 0.29) is 4.90 Å². The normalized spacial score (nSPS) is 11.5. The fraction of sp³-hybridized carbons (Fsp3) is 0.250. The van der Waals surface area contributed by atoms with Gasteiger partial charge in [-0.3, -0.25) is 0 Å². The van der Waals surface area contributed by atoms with Gasteiger partial charge in [-0.25, -0.2) is 13.1 Å². The van der Waals surface area contributed by atoms with Crippen LogP contribution in [0.2, 0.25) is 10.0 Å². The van der Waals surface area contributed by atoms with E-state index < -0.39 is 10.0 Å². The van der Waals surface area contributed by atoms with Crippen molar-refractivity contribution in [3.63, 3.8) is 0 Å². The van der Waals surface area contributed by atoms with Crippen molar-refractivity contribution in [3.05, 3.63) is 58.1 Å². The molecule has 0 amide bonds. The number of methoxy groups -OCH3 is 1. The zero-order chi connectivity index (χ0) is 17.6. The second kappa shape index (κ2) is 8.97. The number of hydrogen-bond donors (Lipinski definition) is 1. The highest BCUT2D eigenvalue weighted by molar-refractivity contribution is 7.98. The van der Waals surface area contributed by atoms with E-state index >= 15 is 0 Å². The Morgan fingerprint density at radius 2 is 1.83 bits per heavy atom. The maximum Gasteiger partial charge on any atom is 0.240 e. The average molecular weight is 406 g/mol. The molecule has 0 radical (unpaired) electrons. The third-order valence-electron chi connectivity index (χ3n) is 3.18. The van der Waals surface area contributed by atoms with Crippen LogP contribution in [-0.2, 0) is 15.8 Å². The van der Waals surface area contributed by atoms with Crippen LogP contribution in [0.3, 0.4) is 0 Å². The lowest BCUT2D eigenvalue weighted by Gasteiger charge is -2.08. The van der Waals surface area contributed by atoms with Gasteiger partial charge in [0.25, 0.3) is 0 Å². The van der Waals surface area contributed by atoms with Crippen molar-refractivity contribution in [1.29, 1.82) is 0 Å². The summed E-state index contributed by atoms with van der Waals surface area (Å²) in [4.78, 5) is 0.217. The molecule has 0 aromatic heterocycles. The van der Waals surface area contributed by atoms with Gasteiger partial charge < -0.3 is 4.74 Å². The predicted molar refractivity (Wildman–Crippen MR) is 101 cm³/mol. The third-order valence-corrected chi connectivity index (χ3v) is 6.25. The van der Waals surface area contributed by atoms with E-state index in [1.807, 2.05) is 6.07 Å². The molecule has 0 spiro atoms. The van der Waals surface area contributed by atoms with Crippen LogP contribution >= 0.6 is 35.0 Å². The molecule has 2 rings (SSSR count). The van der Waals surface area contributed by atoms with Crippen LogP contribution in [0.25, 0.3) is 0 Å². The van der Waals surface area contributed by atoms with Gasteiger partial charge >= 0.3 is 0 Å². The summed E-state index contributed by atoms with van der Waals surface area (Å²) in [7, 11) is -1.97. The van der Waals surface area contributed by atoms with Crippen molar-refractivity contribution in [2.75, 3.05) is 19.4 Å². The van der Waals surface area contributed by atoms with Crippen LogP contribution in [0.1, 0.15) is 5.56 Å². The van der Waals surface area contributed by atoms with Crippen LogP contribution in [0.5, 0.6) is 5.75 Å². The molecule has 130 valence electrons. The van der Waals surface area contributed by atoms with Crippen molar-refractivity contribution in [1.82, 2.24) is 4.72 Å². The van der Waals surface area contributed by atoms with Gasteiger partial charge in [-0.1, -0.05) is 29.3 Å². The molecule has 0 unspecified atom stereocenters. The smallest absolute Gasteiger partial charge is 0.240 e. The van der Waals surface area contributed by atoms with E-state index in [1.165, 1.54) is 19.2 Å². The minimum Gasteiger partial charge on any atom is -0.497 e. The minimum absolute atomic E-state index is 0.217. The molecular formula is C16H17Cl2NO3S2. The summed E-state index contributed by atoms with van der Waals surface area (Å²) in [6.45, 7) is 0.338. The molecule has 4 nitrogen and oxygen atoms in total. The monoisotopic (exact) mass is 405 g/mol. The highest BCUT2D eigenvalue weighted by Gasteiger charge is 2.13. The van der Waals surface area contributed by atoms with Gasteiger partial charge in [0.15, 0.2) is 0 Å². The van der Waals surface area contributed by atoms with Crippen molar-refractivity contribution >= 4 is 45.0 Å². The highest BCUT2D eigenvalue weighted by atomic mass is 35.5. The van der Waals surface area contributed by atoms with Gasteiger partial charge in [0, 0.05) is 28.1 Å². The molecule has 24 heavy (non-hydrogen) atoms. The standard InChI is InChI=1S/C16H17Cl2NO3S2/c1-22-14-4-6-15(7-5-14)24(20,21)19-8-9-23-11-12-2-3-13(17)10-16(12)18/h2-7,10,19H,8-9,11H2,1H3. The second-order valence-electron chi connectivity index (χ2n) is 4.86. The van der Waals surface area contributed by atoms with Crippen molar-refractivity contribution in [3.8, 4) is 5.75 Å². The summed E-state index contributed by atoms with van der Waals surface area (Å²) < 4.78 is 31.9. The lowest BCUT2D eigenvalue weighted by atomic mass is 10.2. The Morgan fingerprint density at radius 1 is 1.12 bits per heavy atom. The maximum absolute atomic E-state index is 12.2. The SMILES string of the molecule is COc1ccc(S(=O)(=O)NCCSCc2ccc(Cl)cc2Cl)cc1. The third kappa shape index (κ3) is 5.57. The molecular weight excluding hydrogens is 389 g/mol. The average Bonchev–Trinajstić information content (AvgIpc) is 2.56. The zero-order valence-electron chi connectivity index (χ0n) is 13.0. The highest BCUT2D eigenvalue weighted by Crippen LogP contribution is 2.24. The maximum atomic E-state index is 12.2. The second-order valence-corrected chi connectivity index (χ2v) is 8.58. The summed E-state index contributed by atoms with van der Waals surface area (Å²) >= 11 is 13.5. The molecule has 0 atom stereocenters. The molecule has 0 aliphatic heterocycles. The first-order chi connectivity index (χ1) is 11.4. The zero-order valence-corrected chi connectivity index (χ0v) is 16.1. The Hall–Kier alpha value is -0.920. The van der Waals surface area contributed by atoms with Crippen LogP contribution in [-0.4, -0.2) is 27.8 Å². The molecule has 0 fully saturated rings. The number of nitrogens with one attached hydrogen (secondary N) is 1. The summed E-state index contributed by atoms with van der Waals surface area (Å²) in [5.74, 6) is 1.94. The first-order valence-electron chi connectivity index (χ1n) is 7.08. The predicted octanol–water partition coefficient (Wildman–Crippen LogP) is 4.21. The molecule has 0 bridgehead atoms. The van der Waals surface area contributed by atoms with Crippen LogP contribution in [0.4, 0.5) is 0 Å². The molecule has 0 saturated carbocycles. The lowest BCUT2D eigenvalue weighted by Crippen LogP contribution is -2.26. The van der Waals surface area contributed by atoms with Crippen molar-refractivity contribution in [2.24, 2.45) is 0 Å². The molecule has 0 heterocycles. The molecule has 8 heteroatoms. The topological polar surface area (TPSA) is 55.4 Å². The molecule has 1 N–H and O–H groups in total. The number of ether oxygens (including phenoxy) is 1. The van der Waals surface area contributed by atoms with Gasteiger partial charge in [0.2, 0.25) is 10.0 Å². The van der Waals surface area contributed by atoms with E-state index in [2.05, 4.69) is 4.72 Å². The number of thioether (sulfide) groups is 1. The van der Waals surface area contributed by atoms with Gasteiger partial charge in [0.05, 0.1) is 12.0 Å². The van der Waals surface area contributed by atoms with Gasteiger partial charge in [-0.05, 0) is 42.0 Å². The van der Waals surface area contributed by atoms with E-state index in [4.69, 9.17) is 27.9 Å². The van der Waals surface area contributed by atoms with Crippen LogP contribution < -0.4 is 9.46 Å². The Bertz CT molecular complexity index is 780. The van der Waals surface area contributed by atoms with Crippen molar-refractivity contribution < 1.29 is 13.2 Å². The Kier molecular flexibility index (Phi) is 7.25. The van der Waals surface area contributed by atoms with E-state index in [1.54, 1.807) is 36.0 Å². The number of hydrogen-bond acceptors (Lipinski definition) is 4. The molecule has 0 aliphatic carbocycles. The van der Waals surface area contributed by atoms with E-state index in [0.717, 1.165) is 5.56 Å². The molecule has 2 aromatic rings. The fourth-order valence-electron chi connectivity index (χ4n) is 1.91. The largest absolute Gasteiger partial charge is 0.497 e. The molecule has 2 aromatic carbocycles. The number of halogens is 2. The minimum atomic E-state index is -3.51. The molecule has 0 saturated heterocycles. The number of benzene rings is 2. The lowest BCUT2D eigenvalue weighted by molar-refractivity contribution is 0.414. The van der Waals surface area contributed by atoms with Crippen LogP contribution in [0, 0.1) is 0 Å². The fourth-order valence-corrected chi connectivity index (χ4v) is 4.49. The number of sulfonamides is 1. The quantitative estimate of drug-likeness (QED) is 0.668.